The maximum absolute atomic E-state index is 11.8. The molecule has 0 saturated carbocycles. The molecule has 1 heterocycles. The van der Waals surface area contributed by atoms with E-state index in [4.69, 9.17) is 14.2 Å². The number of unbranched alkanes of at least 4 members (excludes halogenated alkanes) is 1. The van der Waals surface area contributed by atoms with Crippen molar-refractivity contribution in [3.05, 3.63) is 66.3 Å². The average molecular weight is 354 g/mol. The van der Waals surface area contributed by atoms with Crippen molar-refractivity contribution in [1.29, 1.82) is 0 Å². The van der Waals surface area contributed by atoms with Crippen LogP contribution in [0.4, 0.5) is 0 Å². The predicted molar refractivity (Wildman–Crippen MR) is 101 cm³/mol. The van der Waals surface area contributed by atoms with Gasteiger partial charge in [-0.05, 0) is 42.7 Å². The molecule has 1 aliphatic heterocycles. The molecule has 1 aliphatic carbocycles. The van der Waals surface area contributed by atoms with E-state index in [0.29, 0.717) is 19.8 Å². The van der Waals surface area contributed by atoms with Crippen LogP contribution in [0.25, 0.3) is 5.57 Å². The summed E-state index contributed by atoms with van der Waals surface area (Å²) in [6.07, 6.45) is 13.4. The van der Waals surface area contributed by atoms with Crippen LogP contribution in [0.1, 0.15) is 31.2 Å². The van der Waals surface area contributed by atoms with Gasteiger partial charge in [0.25, 0.3) is 0 Å². The summed E-state index contributed by atoms with van der Waals surface area (Å²) in [4.78, 5) is 11.8. The van der Waals surface area contributed by atoms with Crippen molar-refractivity contribution in [2.24, 2.45) is 5.92 Å². The van der Waals surface area contributed by atoms with Crippen LogP contribution in [-0.4, -0.2) is 32.1 Å². The Morgan fingerprint density at radius 1 is 1.15 bits per heavy atom. The van der Waals surface area contributed by atoms with Gasteiger partial charge in [-0.15, -0.1) is 0 Å². The highest BCUT2D eigenvalue weighted by Crippen LogP contribution is 2.24. The standard InChI is InChI=1S/C22H26O4/c23-21(24-15-5-4-8-22-25-16-17-26-22)14-11-18-9-12-20(13-10-18)19-6-2-1-3-7-19/h1-3,6-7,9,11-14,18,22H,4-5,8,10,15-17H2/b14-11+. The van der Waals surface area contributed by atoms with Gasteiger partial charge in [-0.3, -0.25) is 0 Å². The van der Waals surface area contributed by atoms with Crippen molar-refractivity contribution in [2.45, 2.75) is 32.0 Å². The molecule has 1 aromatic carbocycles. The van der Waals surface area contributed by atoms with Crippen LogP contribution in [0.2, 0.25) is 0 Å². The molecule has 1 unspecified atom stereocenters. The molecule has 1 atom stereocenters. The quantitative estimate of drug-likeness (QED) is 0.397. The van der Waals surface area contributed by atoms with Crippen LogP contribution in [0, 0.1) is 5.92 Å². The minimum absolute atomic E-state index is 0.0717. The zero-order chi connectivity index (χ0) is 18.0. The van der Waals surface area contributed by atoms with Crippen LogP contribution in [-0.2, 0) is 19.0 Å². The van der Waals surface area contributed by atoms with Crippen LogP contribution < -0.4 is 0 Å². The molecule has 4 heteroatoms. The Bertz CT molecular complexity index is 654. The summed E-state index contributed by atoms with van der Waals surface area (Å²) in [7, 11) is 0. The van der Waals surface area contributed by atoms with Gasteiger partial charge in [-0.2, -0.15) is 0 Å². The van der Waals surface area contributed by atoms with E-state index in [1.807, 2.05) is 24.3 Å². The van der Waals surface area contributed by atoms with Gasteiger partial charge in [0.1, 0.15) is 0 Å². The lowest BCUT2D eigenvalue weighted by atomic mass is 9.93. The van der Waals surface area contributed by atoms with E-state index in [-0.39, 0.29) is 18.2 Å². The third-order valence-electron chi connectivity index (χ3n) is 4.49. The summed E-state index contributed by atoms with van der Waals surface area (Å²) < 4.78 is 16.0. The normalized spacial score (nSPS) is 20.5. The number of hydrogen-bond donors (Lipinski definition) is 0. The topological polar surface area (TPSA) is 44.8 Å². The average Bonchev–Trinajstić information content (AvgIpc) is 3.21. The van der Waals surface area contributed by atoms with Crippen LogP contribution >= 0.6 is 0 Å². The summed E-state index contributed by atoms with van der Waals surface area (Å²) in [5, 5.41) is 0. The van der Waals surface area contributed by atoms with Crippen molar-refractivity contribution >= 4 is 11.5 Å². The third kappa shape index (κ3) is 5.97. The Balaban J connectivity index is 1.31. The van der Waals surface area contributed by atoms with Crippen LogP contribution in [0.15, 0.2) is 60.7 Å². The number of ether oxygens (including phenoxy) is 3. The molecule has 1 fully saturated rings. The molecule has 0 N–H and O–H groups in total. The first-order valence-electron chi connectivity index (χ1n) is 9.33. The van der Waals surface area contributed by atoms with Crippen LogP contribution in [0.5, 0.6) is 0 Å². The smallest absolute Gasteiger partial charge is 0.330 e. The third-order valence-corrected chi connectivity index (χ3v) is 4.49. The summed E-state index contributed by atoms with van der Waals surface area (Å²) in [5.41, 5.74) is 2.45. The summed E-state index contributed by atoms with van der Waals surface area (Å²) in [6.45, 7) is 1.80. The molecule has 0 radical (unpaired) electrons. The van der Waals surface area contributed by atoms with E-state index in [0.717, 1.165) is 25.7 Å². The van der Waals surface area contributed by atoms with E-state index in [1.54, 1.807) is 6.08 Å². The second kappa shape index (κ2) is 10.1. The Kier molecular flexibility index (Phi) is 7.23. The first kappa shape index (κ1) is 18.6. The van der Waals surface area contributed by atoms with Gasteiger partial charge < -0.3 is 14.2 Å². The van der Waals surface area contributed by atoms with Crippen molar-refractivity contribution in [2.75, 3.05) is 19.8 Å². The molecular formula is C22H26O4. The van der Waals surface area contributed by atoms with Gasteiger partial charge in [-0.25, -0.2) is 4.79 Å². The molecule has 4 nitrogen and oxygen atoms in total. The molecule has 0 amide bonds. The van der Waals surface area contributed by atoms with Gasteiger partial charge in [0.2, 0.25) is 0 Å². The molecule has 26 heavy (non-hydrogen) atoms. The zero-order valence-corrected chi connectivity index (χ0v) is 15.0. The highest BCUT2D eigenvalue weighted by Gasteiger charge is 2.14. The molecule has 0 spiro atoms. The fraction of sp³-hybridized carbons (Fsp3) is 0.409. The monoisotopic (exact) mass is 354 g/mol. The van der Waals surface area contributed by atoms with Crippen molar-refractivity contribution in [3.8, 4) is 0 Å². The number of carbonyl (C=O) groups is 1. The molecule has 0 bridgehead atoms. The number of carbonyl (C=O) groups excluding carboxylic acids is 1. The van der Waals surface area contributed by atoms with Gasteiger partial charge in [0.05, 0.1) is 19.8 Å². The first-order valence-corrected chi connectivity index (χ1v) is 9.33. The molecular weight excluding hydrogens is 328 g/mol. The number of benzene rings is 1. The lowest BCUT2D eigenvalue weighted by Gasteiger charge is -2.13. The molecule has 2 aliphatic rings. The number of rotatable bonds is 8. The first-order chi connectivity index (χ1) is 12.8. The van der Waals surface area contributed by atoms with Gasteiger partial charge in [-0.1, -0.05) is 54.6 Å². The number of allylic oxidation sites excluding steroid dienone is 5. The van der Waals surface area contributed by atoms with Crippen molar-refractivity contribution < 1.29 is 19.0 Å². The van der Waals surface area contributed by atoms with E-state index in [1.165, 1.54) is 11.1 Å². The second-order valence-electron chi connectivity index (χ2n) is 6.48. The maximum Gasteiger partial charge on any atom is 0.330 e. The molecule has 1 aromatic rings. The van der Waals surface area contributed by atoms with Gasteiger partial charge in [0, 0.05) is 6.08 Å². The summed E-state index contributed by atoms with van der Waals surface area (Å²) >= 11 is 0. The van der Waals surface area contributed by atoms with Crippen LogP contribution in [0.3, 0.4) is 0 Å². The fourth-order valence-electron chi connectivity index (χ4n) is 3.03. The second-order valence-corrected chi connectivity index (χ2v) is 6.48. The Morgan fingerprint density at radius 2 is 1.96 bits per heavy atom. The van der Waals surface area contributed by atoms with E-state index >= 15 is 0 Å². The van der Waals surface area contributed by atoms with Gasteiger partial charge >= 0.3 is 5.97 Å². The lowest BCUT2D eigenvalue weighted by molar-refractivity contribution is -0.138. The largest absolute Gasteiger partial charge is 0.463 e. The van der Waals surface area contributed by atoms with E-state index in [2.05, 4.69) is 30.4 Å². The predicted octanol–water partition coefficient (Wildman–Crippen LogP) is 4.29. The van der Waals surface area contributed by atoms with Crippen molar-refractivity contribution in [1.82, 2.24) is 0 Å². The fourth-order valence-corrected chi connectivity index (χ4v) is 3.03. The molecule has 3 rings (SSSR count). The lowest BCUT2D eigenvalue weighted by Crippen LogP contribution is -2.08. The highest BCUT2D eigenvalue weighted by molar-refractivity contribution is 5.82. The van der Waals surface area contributed by atoms with E-state index < -0.39 is 0 Å². The molecule has 0 aromatic heterocycles. The number of hydrogen-bond acceptors (Lipinski definition) is 4. The Morgan fingerprint density at radius 3 is 2.69 bits per heavy atom. The summed E-state index contributed by atoms with van der Waals surface area (Å²) in [6, 6.07) is 10.3. The minimum atomic E-state index is -0.274. The molecule has 1 saturated heterocycles. The Hall–Kier alpha value is -2.17. The molecule has 138 valence electrons. The van der Waals surface area contributed by atoms with Gasteiger partial charge in [0.15, 0.2) is 6.29 Å². The SMILES string of the molecule is O=C(/C=C/C1C=CC(c2ccccc2)=CC1)OCCCCC1OCCO1. The maximum atomic E-state index is 11.8. The minimum Gasteiger partial charge on any atom is -0.463 e. The summed E-state index contributed by atoms with van der Waals surface area (Å²) in [5.74, 6) is -0.0312. The zero-order valence-electron chi connectivity index (χ0n) is 15.0. The Labute approximate surface area is 155 Å². The highest BCUT2D eigenvalue weighted by atomic mass is 16.7. The van der Waals surface area contributed by atoms with Crippen molar-refractivity contribution in [3.63, 3.8) is 0 Å². The van der Waals surface area contributed by atoms with E-state index in [9.17, 15) is 4.79 Å². The number of esters is 1.